The fraction of sp³-hybridized carbons (Fsp3) is 1.00. The van der Waals surface area contributed by atoms with Crippen LogP contribution in [-0.2, 0) is 4.74 Å². The largest absolute Gasteiger partial charge is 0.360 e. The molecule has 3 fully saturated rings. The summed E-state index contributed by atoms with van der Waals surface area (Å²) in [5.41, 5.74) is 0.645. The lowest BCUT2D eigenvalue weighted by Gasteiger charge is -2.45. The molecule has 0 radical (unpaired) electrons. The van der Waals surface area contributed by atoms with E-state index < -0.39 is 0 Å². The lowest BCUT2D eigenvalue weighted by atomic mass is 9.81. The van der Waals surface area contributed by atoms with Gasteiger partial charge in [-0.2, -0.15) is 0 Å². The van der Waals surface area contributed by atoms with Crippen LogP contribution in [0.2, 0.25) is 0 Å². The maximum Gasteiger partial charge on any atom is 0.119 e. The molecule has 1 saturated heterocycles. The molecule has 86 valence electrons. The maximum atomic E-state index is 6.17. The summed E-state index contributed by atoms with van der Waals surface area (Å²) in [6.07, 6.45) is 9.30. The SMILES string of the molecule is CCC1CCC2(CC1)NCC1(CC1)CO2. The Morgan fingerprint density at radius 1 is 1.20 bits per heavy atom. The minimum atomic E-state index is 0.0828. The van der Waals surface area contributed by atoms with E-state index in [1.54, 1.807) is 0 Å². The Labute approximate surface area is 92.8 Å². The molecule has 0 bridgehead atoms. The summed E-state index contributed by atoms with van der Waals surface area (Å²) in [5, 5.41) is 3.71. The highest BCUT2D eigenvalue weighted by molar-refractivity contribution is 5.01. The van der Waals surface area contributed by atoms with Crippen LogP contribution in [0.4, 0.5) is 0 Å². The van der Waals surface area contributed by atoms with E-state index in [-0.39, 0.29) is 5.72 Å². The summed E-state index contributed by atoms with van der Waals surface area (Å²) in [5.74, 6) is 0.956. The lowest BCUT2D eigenvalue weighted by molar-refractivity contribution is -0.146. The molecule has 1 heterocycles. The fourth-order valence-corrected chi connectivity index (χ4v) is 3.11. The molecule has 3 rings (SSSR count). The zero-order chi connectivity index (χ0) is 10.4. The first-order valence-electron chi connectivity index (χ1n) is 6.65. The Kier molecular flexibility index (Phi) is 2.33. The summed E-state index contributed by atoms with van der Waals surface area (Å²) in [7, 11) is 0. The van der Waals surface area contributed by atoms with Gasteiger partial charge in [0.1, 0.15) is 5.72 Å². The van der Waals surface area contributed by atoms with Crippen LogP contribution in [0.1, 0.15) is 51.9 Å². The number of hydrogen-bond acceptors (Lipinski definition) is 2. The molecular weight excluding hydrogens is 186 g/mol. The Morgan fingerprint density at radius 3 is 2.40 bits per heavy atom. The average Bonchev–Trinajstić information content (AvgIpc) is 3.05. The van der Waals surface area contributed by atoms with Gasteiger partial charge in [-0.05, 0) is 44.4 Å². The molecule has 1 N–H and O–H groups in total. The van der Waals surface area contributed by atoms with Crippen molar-refractivity contribution in [2.45, 2.75) is 57.6 Å². The lowest BCUT2D eigenvalue weighted by Crippen LogP contribution is -2.57. The Morgan fingerprint density at radius 2 is 1.93 bits per heavy atom. The van der Waals surface area contributed by atoms with Gasteiger partial charge < -0.3 is 4.74 Å². The topological polar surface area (TPSA) is 21.3 Å². The predicted octanol–water partition coefficient (Wildman–Crippen LogP) is 2.68. The zero-order valence-corrected chi connectivity index (χ0v) is 9.85. The van der Waals surface area contributed by atoms with Crippen LogP contribution in [-0.4, -0.2) is 18.9 Å². The summed E-state index contributed by atoms with van der Waals surface area (Å²) >= 11 is 0. The first-order chi connectivity index (χ1) is 7.26. The second-order valence-electron chi connectivity index (χ2n) is 5.99. The first-order valence-corrected chi connectivity index (χ1v) is 6.65. The van der Waals surface area contributed by atoms with Crippen LogP contribution < -0.4 is 5.32 Å². The van der Waals surface area contributed by atoms with Crippen molar-refractivity contribution in [2.24, 2.45) is 11.3 Å². The molecule has 0 aromatic carbocycles. The van der Waals surface area contributed by atoms with Gasteiger partial charge in [0.05, 0.1) is 6.61 Å². The third kappa shape index (κ3) is 1.83. The molecule has 3 aliphatic rings. The standard InChI is InChI=1S/C13H23NO/c1-2-11-3-5-13(6-4-11)14-9-12(7-8-12)10-15-13/h11,14H,2-10H2,1H3. The molecule has 2 heteroatoms. The summed E-state index contributed by atoms with van der Waals surface area (Å²) < 4.78 is 6.17. The number of nitrogens with one attached hydrogen (secondary N) is 1. The molecule has 1 aliphatic heterocycles. The van der Waals surface area contributed by atoms with Crippen molar-refractivity contribution in [1.29, 1.82) is 0 Å². The van der Waals surface area contributed by atoms with Gasteiger partial charge in [0.25, 0.3) is 0 Å². The van der Waals surface area contributed by atoms with Crippen LogP contribution in [0.5, 0.6) is 0 Å². The van der Waals surface area contributed by atoms with Crippen molar-refractivity contribution in [2.75, 3.05) is 13.2 Å². The third-order valence-electron chi connectivity index (χ3n) is 4.89. The minimum absolute atomic E-state index is 0.0828. The molecule has 2 aliphatic carbocycles. The molecule has 2 spiro atoms. The molecule has 0 unspecified atom stereocenters. The molecule has 0 atom stereocenters. The van der Waals surface area contributed by atoms with E-state index in [9.17, 15) is 0 Å². The Balaban J connectivity index is 1.57. The number of hydrogen-bond donors (Lipinski definition) is 1. The van der Waals surface area contributed by atoms with Crippen molar-refractivity contribution >= 4 is 0 Å². The van der Waals surface area contributed by atoms with Crippen molar-refractivity contribution in [3.63, 3.8) is 0 Å². The van der Waals surface area contributed by atoms with Crippen molar-refractivity contribution < 1.29 is 4.74 Å². The van der Waals surface area contributed by atoms with Crippen molar-refractivity contribution in [1.82, 2.24) is 5.32 Å². The summed E-state index contributed by atoms with van der Waals surface area (Å²) in [6, 6.07) is 0. The monoisotopic (exact) mass is 209 g/mol. The molecule has 2 saturated carbocycles. The van der Waals surface area contributed by atoms with Gasteiger partial charge in [0.2, 0.25) is 0 Å². The van der Waals surface area contributed by atoms with Gasteiger partial charge in [-0.3, -0.25) is 5.32 Å². The van der Waals surface area contributed by atoms with Gasteiger partial charge in [0.15, 0.2) is 0 Å². The van der Waals surface area contributed by atoms with Crippen LogP contribution in [0, 0.1) is 11.3 Å². The predicted molar refractivity (Wildman–Crippen MR) is 60.6 cm³/mol. The smallest absolute Gasteiger partial charge is 0.119 e. The fourth-order valence-electron chi connectivity index (χ4n) is 3.11. The minimum Gasteiger partial charge on any atom is -0.360 e. The molecule has 15 heavy (non-hydrogen) atoms. The zero-order valence-electron chi connectivity index (χ0n) is 9.85. The quantitative estimate of drug-likeness (QED) is 0.717. The van der Waals surface area contributed by atoms with Crippen molar-refractivity contribution in [3.05, 3.63) is 0 Å². The molecule has 0 amide bonds. The van der Waals surface area contributed by atoms with E-state index >= 15 is 0 Å². The number of rotatable bonds is 1. The summed E-state index contributed by atoms with van der Waals surface area (Å²) in [6.45, 7) is 4.55. The normalized spacial score (nSPS) is 43.4. The third-order valence-corrected chi connectivity index (χ3v) is 4.89. The van der Waals surface area contributed by atoms with Crippen LogP contribution in [0.3, 0.4) is 0 Å². The van der Waals surface area contributed by atoms with E-state index in [2.05, 4.69) is 12.2 Å². The van der Waals surface area contributed by atoms with Crippen LogP contribution in [0.25, 0.3) is 0 Å². The molecular formula is C13H23NO. The highest BCUT2D eigenvalue weighted by Crippen LogP contribution is 2.50. The average molecular weight is 209 g/mol. The summed E-state index contributed by atoms with van der Waals surface area (Å²) in [4.78, 5) is 0. The highest BCUT2D eigenvalue weighted by Gasteiger charge is 2.50. The van der Waals surface area contributed by atoms with E-state index in [1.165, 1.54) is 51.5 Å². The van der Waals surface area contributed by atoms with E-state index in [0.29, 0.717) is 5.41 Å². The highest BCUT2D eigenvalue weighted by atomic mass is 16.5. The van der Waals surface area contributed by atoms with E-state index in [4.69, 9.17) is 4.74 Å². The van der Waals surface area contributed by atoms with Crippen LogP contribution in [0.15, 0.2) is 0 Å². The van der Waals surface area contributed by atoms with E-state index in [1.807, 2.05) is 0 Å². The van der Waals surface area contributed by atoms with Crippen LogP contribution >= 0.6 is 0 Å². The number of ether oxygens (including phenoxy) is 1. The van der Waals surface area contributed by atoms with Crippen molar-refractivity contribution in [3.8, 4) is 0 Å². The molecule has 0 aromatic rings. The molecule has 2 nitrogen and oxygen atoms in total. The van der Waals surface area contributed by atoms with Gasteiger partial charge in [-0.15, -0.1) is 0 Å². The molecule has 0 aromatic heterocycles. The second kappa shape index (κ2) is 3.46. The Bertz CT molecular complexity index is 227. The van der Waals surface area contributed by atoms with Gasteiger partial charge in [0, 0.05) is 12.0 Å². The first kappa shape index (κ1) is 10.1. The van der Waals surface area contributed by atoms with E-state index in [0.717, 1.165) is 12.5 Å². The van der Waals surface area contributed by atoms with Gasteiger partial charge >= 0.3 is 0 Å². The maximum absolute atomic E-state index is 6.17. The second-order valence-corrected chi connectivity index (χ2v) is 5.99. The van der Waals surface area contributed by atoms with Gasteiger partial charge in [-0.1, -0.05) is 13.3 Å². The Hall–Kier alpha value is -0.0800. The van der Waals surface area contributed by atoms with Gasteiger partial charge in [-0.25, -0.2) is 0 Å².